The lowest BCUT2D eigenvalue weighted by molar-refractivity contribution is -0.136. The van der Waals surface area contributed by atoms with E-state index in [1.807, 2.05) is 41.6 Å². The van der Waals surface area contributed by atoms with Gasteiger partial charge in [-0.2, -0.15) is 0 Å². The average Bonchev–Trinajstić information content (AvgIpc) is 3.13. The molecule has 0 saturated carbocycles. The maximum atomic E-state index is 13.3. The lowest BCUT2D eigenvalue weighted by Gasteiger charge is -2.40. The van der Waals surface area contributed by atoms with Gasteiger partial charge < -0.3 is 15.1 Å². The van der Waals surface area contributed by atoms with Crippen molar-refractivity contribution in [2.75, 3.05) is 13.1 Å². The molecule has 0 radical (unpaired) electrons. The Morgan fingerprint density at radius 1 is 1.12 bits per heavy atom. The second-order valence-corrected chi connectivity index (χ2v) is 9.65. The summed E-state index contributed by atoms with van der Waals surface area (Å²) in [5.41, 5.74) is 2.76. The highest BCUT2D eigenvalue weighted by molar-refractivity contribution is 5.77. The quantitative estimate of drug-likeness (QED) is 0.601. The van der Waals surface area contributed by atoms with Gasteiger partial charge in [-0.25, -0.2) is 4.39 Å². The van der Waals surface area contributed by atoms with Crippen LogP contribution >= 0.6 is 0 Å². The lowest BCUT2D eigenvalue weighted by Crippen LogP contribution is -2.49. The van der Waals surface area contributed by atoms with Gasteiger partial charge in [0.25, 0.3) is 0 Å². The maximum Gasteiger partial charge on any atom is 0.224 e. The predicted octanol–water partition coefficient (Wildman–Crippen LogP) is 5.39. The fourth-order valence-electron chi connectivity index (χ4n) is 4.43. The van der Waals surface area contributed by atoms with Crippen molar-refractivity contribution in [1.82, 2.24) is 15.1 Å². The van der Waals surface area contributed by atoms with E-state index in [1.54, 1.807) is 0 Å². The first-order valence-electron chi connectivity index (χ1n) is 11.5. The Labute approximate surface area is 192 Å². The SMILES string of the molecule is CCCN(C(=O)CCN1C=CNC1(C)c1ccccc1Cc1ccc(F)cc1)C(C)(C)C. The van der Waals surface area contributed by atoms with Gasteiger partial charge in [0.1, 0.15) is 11.5 Å². The molecule has 0 aliphatic carbocycles. The van der Waals surface area contributed by atoms with Crippen molar-refractivity contribution in [2.45, 2.75) is 65.1 Å². The first-order valence-corrected chi connectivity index (χ1v) is 11.5. The van der Waals surface area contributed by atoms with Crippen molar-refractivity contribution < 1.29 is 9.18 Å². The monoisotopic (exact) mass is 437 g/mol. The lowest BCUT2D eigenvalue weighted by atomic mass is 9.91. The van der Waals surface area contributed by atoms with Gasteiger partial charge in [0.05, 0.1) is 0 Å². The number of nitrogens with zero attached hydrogens (tertiary/aromatic N) is 2. The van der Waals surface area contributed by atoms with Crippen LogP contribution in [-0.2, 0) is 16.9 Å². The Bertz CT molecular complexity index is 948. The first-order chi connectivity index (χ1) is 15.1. The summed E-state index contributed by atoms with van der Waals surface area (Å²) in [6.45, 7) is 11.9. The first kappa shape index (κ1) is 23.8. The largest absolute Gasteiger partial charge is 0.364 e. The molecule has 172 valence electrons. The number of amides is 1. The molecule has 5 heteroatoms. The van der Waals surface area contributed by atoms with Crippen molar-refractivity contribution in [2.24, 2.45) is 0 Å². The van der Waals surface area contributed by atoms with Gasteiger partial charge in [-0.3, -0.25) is 4.79 Å². The molecule has 3 rings (SSSR count). The molecule has 0 aromatic heterocycles. The number of nitrogens with one attached hydrogen (secondary N) is 1. The zero-order valence-corrected chi connectivity index (χ0v) is 20.0. The Morgan fingerprint density at radius 3 is 2.47 bits per heavy atom. The third-order valence-corrected chi connectivity index (χ3v) is 6.17. The minimum absolute atomic E-state index is 0.182. The summed E-state index contributed by atoms with van der Waals surface area (Å²) < 4.78 is 13.3. The van der Waals surface area contributed by atoms with Crippen LogP contribution < -0.4 is 5.32 Å². The van der Waals surface area contributed by atoms with Crippen LogP contribution in [0.1, 0.15) is 64.2 Å². The third-order valence-electron chi connectivity index (χ3n) is 6.17. The number of rotatable bonds is 8. The third kappa shape index (κ3) is 5.32. The Morgan fingerprint density at radius 2 is 1.81 bits per heavy atom. The second-order valence-electron chi connectivity index (χ2n) is 9.65. The fraction of sp³-hybridized carbons (Fsp3) is 0.444. The van der Waals surface area contributed by atoms with E-state index in [1.165, 1.54) is 17.7 Å². The van der Waals surface area contributed by atoms with Gasteiger partial charge in [0.2, 0.25) is 5.91 Å². The van der Waals surface area contributed by atoms with E-state index < -0.39 is 5.66 Å². The van der Waals surface area contributed by atoms with Gasteiger partial charge in [-0.1, -0.05) is 43.3 Å². The molecule has 1 N–H and O–H groups in total. The predicted molar refractivity (Wildman–Crippen MR) is 128 cm³/mol. The molecule has 1 unspecified atom stereocenters. The minimum Gasteiger partial charge on any atom is -0.364 e. The summed E-state index contributed by atoms with van der Waals surface area (Å²) in [5, 5.41) is 3.50. The summed E-state index contributed by atoms with van der Waals surface area (Å²) in [6.07, 6.45) is 6.10. The maximum absolute atomic E-state index is 13.3. The summed E-state index contributed by atoms with van der Waals surface area (Å²) in [4.78, 5) is 17.2. The van der Waals surface area contributed by atoms with E-state index >= 15 is 0 Å². The Balaban J connectivity index is 1.78. The van der Waals surface area contributed by atoms with E-state index in [9.17, 15) is 9.18 Å². The van der Waals surface area contributed by atoms with Crippen LogP contribution in [0.5, 0.6) is 0 Å². The van der Waals surface area contributed by atoms with Crippen molar-refractivity contribution >= 4 is 5.91 Å². The van der Waals surface area contributed by atoms with E-state index in [4.69, 9.17) is 0 Å². The van der Waals surface area contributed by atoms with E-state index in [0.29, 0.717) is 13.0 Å². The van der Waals surface area contributed by atoms with E-state index in [-0.39, 0.29) is 17.3 Å². The average molecular weight is 438 g/mol. The number of halogens is 1. The van der Waals surface area contributed by atoms with Crippen molar-refractivity contribution in [3.05, 3.63) is 83.4 Å². The molecule has 1 aliphatic heterocycles. The van der Waals surface area contributed by atoms with Crippen LogP contribution in [0.25, 0.3) is 0 Å². The van der Waals surface area contributed by atoms with Gasteiger partial charge in [-0.05, 0) is 63.8 Å². The topological polar surface area (TPSA) is 35.6 Å². The Kier molecular flexibility index (Phi) is 7.27. The zero-order valence-electron chi connectivity index (χ0n) is 20.0. The summed E-state index contributed by atoms with van der Waals surface area (Å²) in [7, 11) is 0. The normalized spacial score (nSPS) is 18.0. The van der Waals surface area contributed by atoms with Crippen LogP contribution in [-0.4, -0.2) is 34.3 Å². The van der Waals surface area contributed by atoms with E-state index in [2.05, 4.69) is 57.0 Å². The molecule has 0 spiro atoms. The molecule has 1 aliphatic rings. The number of hydrogen-bond acceptors (Lipinski definition) is 3. The molecule has 0 bridgehead atoms. The molecular weight excluding hydrogens is 401 g/mol. The van der Waals surface area contributed by atoms with Gasteiger partial charge >= 0.3 is 0 Å². The highest BCUT2D eigenvalue weighted by Crippen LogP contribution is 2.33. The number of benzene rings is 2. The fourth-order valence-corrected chi connectivity index (χ4v) is 4.43. The smallest absolute Gasteiger partial charge is 0.224 e. The number of hydrogen-bond donors (Lipinski definition) is 1. The van der Waals surface area contributed by atoms with Crippen molar-refractivity contribution in [1.29, 1.82) is 0 Å². The molecular formula is C27H36FN3O. The molecule has 1 heterocycles. The van der Waals surface area contributed by atoms with Gasteiger partial charge in [0.15, 0.2) is 0 Å². The van der Waals surface area contributed by atoms with E-state index in [0.717, 1.165) is 30.5 Å². The van der Waals surface area contributed by atoms with Crippen LogP contribution in [0.3, 0.4) is 0 Å². The summed E-state index contributed by atoms with van der Waals surface area (Å²) in [5.74, 6) is -0.0412. The zero-order chi connectivity index (χ0) is 23.4. The molecule has 0 fully saturated rings. The number of carbonyl (C=O) groups excluding carboxylic acids is 1. The van der Waals surface area contributed by atoms with Crippen LogP contribution in [0, 0.1) is 5.82 Å². The van der Waals surface area contributed by atoms with Gasteiger partial charge in [-0.15, -0.1) is 0 Å². The summed E-state index contributed by atoms with van der Waals surface area (Å²) >= 11 is 0. The molecule has 2 aromatic rings. The molecule has 4 nitrogen and oxygen atoms in total. The van der Waals surface area contributed by atoms with Crippen molar-refractivity contribution in [3.63, 3.8) is 0 Å². The molecule has 1 amide bonds. The molecule has 0 saturated heterocycles. The van der Waals surface area contributed by atoms with Crippen LogP contribution in [0.2, 0.25) is 0 Å². The number of carbonyl (C=O) groups is 1. The standard InChI is InChI=1S/C27H36FN3O/c1-6-17-31(26(2,3)4)25(32)15-18-30-19-16-29-27(30,5)24-10-8-7-9-22(24)20-21-11-13-23(28)14-12-21/h7-14,16,19,29H,6,15,17-18,20H2,1-5H3. The summed E-state index contributed by atoms with van der Waals surface area (Å²) in [6, 6.07) is 15.0. The highest BCUT2D eigenvalue weighted by Gasteiger charge is 2.36. The van der Waals surface area contributed by atoms with Crippen LogP contribution in [0.15, 0.2) is 60.9 Å². The molecule has 1 atom stereocenters. The minimum atomic E-state index is -0.450. The second kappa shape index (κ2) is 9.76. The Hall–Kier alpha value is -2.82. The van der Waals surface area contributed by atoms with Crippen LogP contribution in [0.4, 0.5) is 4.39 Å². The van der Waals surface area contributed by atoms with Crippen molar-refractivity contribution in [3.8, 4) is 0 Å². The highest BCUT2D eigenvalue weighted by atomic mass is 19.1. The molecule has 32 heavy (non-hydrogen) atoms. The molecule has 2 aromatic carbocycles. The van der Waals surface area contributed by atoms with Gasteiger partial charge in [0, 0.05) is 43.0 Å².